The van der Waals surface area contributed by atoms with E-state index < -0.39 is 20.0 Å². The summed E-state index contributed by atoms with van der Waals surface area (Å²) < 4.78 is 56.2. The fraction of sp³-hybridized carbons (Fsp3) is 0.280. The Morgan fingerprint density at radius 3 is 1.70 bits per heavy atom. The molecule has 0 aromatic heterocycles. The first-order valence-electron chi connectivity index (χ1n) is 10.5. The summed E-state index contributed by atoms with van der Waals surface area (Å²) in [6.07, 6.45) is 0. The molecular formula is C25H30N2O4S2. The minimum absolute atomic E-state index is 0.0687. The van der Waals surface area contributed by atoms with Gasteiger partial charge in [-0.25, -0.2) is 16.8 Å². The lowest BCUT2D eigenvalue weighted by molar-refractivity contribution is 0.591. The molecule has 33 heavy (non-hydrogen) atoms. The van der Waals surface area contributed by atoms with E-state index in [0.717, 1.165) is 21.0 Å². The summed E-state index contributed by atoms with van der Waals surface area (Å²) in [5.74, 6) is 0. The standard InChI is InChI=1S/C25H30N2O4S2/c1-17-11-13-22(14-12-17)32(28,29)26(6)23-16-24(21(5)15-20(23)4)33(30,31)27(7)25-18(2)9-8-10-19(25)3/h8-16H,1-7H3. The zero-order valence-corrected chi connectivity index (χ0v) is 21.7. The van der Waals surface area contributed by atoms with Crippen LogP contribution < -0.4 is 8.61 Å². The summed E-state index contributed by atoms with van der Waals surface area (Å²) in [4.78, 5) is 0.215. The molecule has 8 heteroatoms. The summed E-state index contributed by atoms with van der Waals surface area (Å²) in [5.41, 5.74) is 4.77. The molecule has 3 rings (SSSR count). The van der Waals surface area contributed by atoms with Crippen molar-refractivity contribution in [3.05, 3.63) is 82.4 Å². The molecule has 0 fully saturated rings. The maximum absolute atomic E-state index is 13.7. The third-order valence-corrected chi connectivity index (χ3v) is 9.59. The largest absolute Gasteiger partial charge is 0.269 e. The summed E-state index contributed by atoms with van der Waals surface area (Å²) in [5, 5.41) is 0. The van der Waals surface area contributed by atoms with Gasteiger partial charge in [0.15, 0.2) is 0 Å². The number of hydrogen-bond donors (Lipinski definition) is 0. The number of nitrogens with zero attached hydrogens (tertiary/aromatic N) is 2. The normalized spacial score (nSPS) is 12.0. The second kappa shape index (κ2) is 8.83. The predicted octanol–water partition coefficient (Wildman–Crippen LogP) is 4.88. The van der Waals surface area contributed by atoms with Crippen LogP contribution in [0.2, 0.25) is 0 Å². The Kier molecular flexibility index (Phi) is 6.64. The Morgan fingerprint density at radius 2 is 1.15 bits per heavy atom. The second-order valence-corrected chi connectivity index (χ2v) is 12.3. The number of rotatable bonds is 6. The molecule has 0 radical (unpaired) electrons. The van der Waals surface area contributed by atoms with E-state index >= 15 is 0 Å². The van der Waals surface area contributed by atoms with E-state index in [9.17, 15) is 16.8 Å². The van der Waals surface area contributed by atoms with Gasteiger partial charge < -0.3 is 0 Å². The quantitative estimate of drug-likeness (QED) is 0.498. The van der Waals surface area contributed by atoms with Crippen LogP contribution in [0.15, 0.2) is 64.4 Å². The molecule has 0 saturated carbocycles. The molecule has 176 valence electrons. The van der Waals surface area contributed by atoms with Gasteiger partial charge in [0.05, 0.1) is 21.2 Å². The van der Waals surface area contributed by atoms with Crippen molar-refractivity contribution >= 4 is 31.4 Å². The molecular weight excluding hydrogens is 456 g/mol. The SMILES string of the molecule is Cc1ccc(S(=O)(=O)N(C)c2cc(S(=O)(=O)N(C)c3c(C)cccc3C)c(C)cc2C)cc1. The van der Waals surface area contributed by atoms with Gasteiger partial charge in [0.2, 0.25) is 0 Å². The first-order chi connectivity index (χ1) is 15.3. The highest BCUT2D eigenvalue weighted by Gasteiger charge is 2.29. The highest BCUT2D eigenvalue weighted by Crippen LogP contribution is 2.34. The molecule has 0 saturated heterocycles. The minimum Gasteiger partial charge on any atom is -0.269 e. The Hall–Kier alpha value is -2.84. The maximum Gasteiger partial charge on any atom is 0.264 e. The van der Waals surface area contributed by atoms with Crippen LogP contribution in [0, 0.1) is 34.6 Å². The number of sulfonamides is 2. The van der Waals surface area contributed by atoms with E-state index in [1.165, 1.54) is 24.5 Å². The van der Waals surface area contributed by atoms with Gasteiger partial charge in [-0.1, -0.05) is 42.0 Å². The van der Waals surface area contributed by atoms with Gasteiger partial charge in [-0.3, -0.25) is 8.61 Å². The monoisotopic (exact) mass is 486 g/mol. The van der Waals surface area contributed by atoms with E-state index in [4.69, 9.17) is 0 Å². The summed E-state index contributed by atoms with van der Waals surface area (Å²) in [7, 11) is -4.84. The molecule has 0 unspecified atom stereocenters. The Bertz CT molecular complexity index is 1390. The van der Waals surface area contributed by atoms with Crippen molar-refractivity contribution in [1.82, 2.24) is 0 Å². The zero-order valence-electron chi connectivity index (χ0n) is 20.0. The van der Waals surface area contributed by atoms with E-state index in [1.807, 2.05) is 39.0 Å². The molecule has 0 heterocycles. The molecule has 0 amide bonds. The Labute approximate surface area is 197 Å². The van der Waals surface area contributed by atoms with Crippen LogP contribution in [0.4, 0.5) is 11.4 Å². The molecule has 0 aliphatic rings. The molecule has 6 nitrogen and oxygen atoms in total. The maximum atomic E-state index is 13.7. The van der Waals surface area contributed by atoms with Crippen molar-refractivity contribution < 1.29 is 16.8 Å². The van der Waals surface area contributed by atoms with Crippen molar-refractivity contribution in [1.29, 1.82) is 0 Å². The third-order valence-electron chi connectivity index (χ3n) is 5.90. The lowest BCUT2D eigenvalue weighted by Gasteiger charge is -2.26. The molecule has 0 aliphatic heterocycles. The van der Waals surface area contributed by atoms with Crippen LogP contribution >= 0.6 is 0 Å². The molecule has 0 N–H and O–H groups in total. The van der Waals surface area contributed by atoms with E-state index in [-0.39, 0.29) is 9.79 Å². The minimum atomic E-state index is -3.94. The zero-order chi connectivity index (χ0) is 24.7. The van der Waals surface area contributed by atoms with Crippen LogP contribution in [0.5, 0.6) is 0 Å². The number of benzene rings is 3. The molecule has 0 bridgehead atoms. The number of anilines is 2. The van der Waals surface area contributed by atoms with E-state index in [2.05, 4.69) is 0 Å². The molecule has 0 atom stereocenters. The van der Waals surface area contributed by atoms with Gasteiger partial charge in [0.1, 0.15) is 0 Å². The molecule has 3 aromatic carbocycles. The van der Waals surface area contributed by atoms with Gasteiger partial charge in [-0.2, -0.15) is 0 Å². The van der Waals surface area contributed by atoms with E-state index in [1.54, 1.807) is 44.2 Å². The van der Waals surface area contributed by atoms with Gasteiger partial charge in [-0.05, 0) is 75.1 Å². The number of hydrogen-bond acceptors (Lipinski definition) is 4. The fourth-order valence-electron chi connectivity index (χ4n) is 4.01. The Balaban J connectivity index is 2.14. The molecule has 0 aliphatic carbocycles. The topological polar surface area (TPSA) is 74.8 Å². The smallest absolute Gasteiger partial charge is 0.264 e. The van der Waals surface area contributed by atoms with E-state index in [0.29, 0.717) is 22.5 Å². The van der Waals surface area contributed by atoms with Crippen molar-refractivity contribution in [2.75, 3.05) is 22.7 Å². The first kappa shape index (κ1) is 24.8. The number of aryl methyl sites for hydroxylation is 5. The van der Waals surface area contributed by atoms with Crippen LogP contribution in [-0.2, 0) is 20.0 Å². The van der Waals surface area contributed by atoms with Gasteiger partial charge in [0, 0.05) is 14.1 Å². The predicted molar refractivity (Wildman–Crippen MR) is 134 cm³/mol. The second-order valence-electron chi connectivity index (χ2n) is 8.40. The van der Waals surface area contributed by atoms with Crippen molar-refractivity contribution in [2.24, 2.45) is 0 Å². The average Bonchev–Trinajstić information content (AvgIpc) is 2.73. The van der Waals surface area contributed by atoms with Crippen molar-refractivity contribution in [3.63, 3.8) is 0 Å². The number of para-hydroxylation sites is 1. The Morgan fingerprint density at radius 1 is 0.606 bits per heavy atom. The first-order valence-corrected chi connectivity index (χ1v) is 13.4. The van der Waals surface area contributed by atoms with Crippen molar-refractivity contribution in [2.45, 2.75) is 44.4 Å². The molecule has 0 spiro atoms. The average molecular weight is 487 g/mol. The van der Waals surface area contributed by atoms with Gasteiger partial charge >= 0.3 is 0 Å². The summed E-state index contributed by atoms with van der Waals surface area (Å²) in [6.45, 7) is 9.10. The summed E-state index contributed by atoms with van der Waals surface area (Å²) in [6, 6.07) is 15.4. The summed E-state index contributed by atoms with van der Waals surface area (Å²) >= 11 is 0. The van der Waals surface area contributed by atoms with Crippen LogP contribution in [0.25, 0.3) is 0 Å². The van der Waals surface area contributed by atoms with Gasteiger partial charge in [0.25, 0.3) is 20.0 Å². The molecule has 3 aromatic rings. The highest BCUT2D eigenvalue weighted by atomic mass is 32.2. The van der Waals surface area contributed by atoms with Crippen LogP contribution in [-0.4, -0.2) is 30.9 Å². The highest BCUT2D eigenvalue weighted by molar-refractivity contribution is 7.93. The van der Waals surface area contributed by atoms with Gasteiger partial charge in [-0.15, -0.1) is 0 Å². The van der Waals surface area contributed by atoms with Crippen LogP contribution in [0.3, 0.4) is 0 Å². The lowest BCUT2D eigenvalue weighted by atomic mass is 10.1. The third kappa shape index (κ3) is 4.50. The fourth-order valence-corrected chi connectivity index (χ4v) is 6.81. The van der Waals surface area contributed by atoms with Crippen LogP contribution in [0.1, 0.15) is 27.8 Å². The lowest BCUT2D eigenvalue weighted by Crippen LogP contribution is -2.30. The van der Waals surface area contributed by atoms with Crippen molar-refractivity contribution in [3.8, 4) is 0 Å².